The normalized spacial score (nSPS) is 17.3. The van der Waals surface area contributed by atoms with Crippen molar-refractivity contribution in [3.63, 3.8) is 0 Å². The Balaban J connectivity index is 1.24. The first-order chi connectivity index (χ1) is 16.6. The van der Waals surface area contributed by atoms with Gasteiger partial charge in [-0.15, -0.1) is 0 Å². The molecule has 3 aromatic rings. The van der Waals surface area contributed by atoms with Crippen molar-refractivity contribution in [3.05, 3.63) is 47.4 Å². The van der Waals surface area contributed by atoms with E-state index in [1.165, 1.54) is 24.1 Å². The molecule has 3 heterocycles. The second-order valence-electron chi connectivity index (χ2n) is 9.28. The molecule has 2 aliphatic rings. The van der Waals surface area contributed by atoms with Crippen LogP contribution in [0.2, 0.25) is 0 Å². The standard InChI is InChI=1S/C26H33N5O3/c1-17(19-8-9-22(33-2)23(16-19)34-3)28-26(32)18-10-13-30(14-11-18)25-24-20-6-4-5-7-21(20)29-31(24)15-12-27-25/h8-9,12,15-18H,4-7,10-11,13-14H2,1-3H3,(H,28,32)/t17-/m0/s1. The van der Waals surface area contributed by atoms with E-state index in [2.05, 4.69) is 10.2 Å². The zero-order chi connectivity index (χ0) is 23.7. The van der Waals surface area contributed by atoms with Crippen LogP contribution < -0.4 is 19.7 Å². The molecule has 1 aliphatic carbocycles. The van der Waals surface area contributed by atoms with Crippen LogP contribution in [-0.2, 0) is 17.6 Å². The van der Waals surface area contributed by atoms with Crippen molar-refractivity contribution in [2.75, 3.05) is 32.2 Å². The maximum atomic E-state index is 13.0. The Hall–Kier alpha value is -3.29. The lowest BCUT2D eigenvalue weighted by atomic mass is 9.94. The minimum Gasteiger partial charge on any atom is -0.493 e. The molecule has 180 valence electrons. The van der Waals surface area contributed by atoms with Crippen LogP contribution in [0.1, 0.15) is 55.5 Å². The molecule has 8 nitrogen and oxygen atoms in total. The number of aryl methyl sites for hydroxylation is 2. The summed E-state index contributed by atoms with van der Waals surface area (Å²) in [5.41, 5.74) is 4.73. The molecule has 1 aromatic carbocycles. The maximum Gasteiger partial charge on any atom is 0.223 e. The molecule has 0 unspecified atom stereocenters. The minimum absolute atomic E-state index is 0.00241. The largest absolute Gasteiger partial charge is 0.493 e. The molecule has 1 atom stereocenters. The molecular weight excluding hydrogens is 430 g/mol. The first-order valence-corrected chi connectivity index (χ1v) is 12.2. The summed E-state index contributed by atoms with van der Waals surface area (Å²) >= 11 is 0. The third kappa shape index (κ3) is 4.17. The summed E-state index contributed by atoms with van der Waals surface area (Å²) in [6, 6.07) is 5.65. The first-order valence-electron chi connectivity index (χ1n) is 12.2. The molecule has 0 spiro atoms. The van der Waals surface area contributed by atoms with Crippen molar-refractivity contribution in [2.45, 2.75) is 51.5 Å². The van der Waals surface area contributed by atoms with Crippen LogP contribution in [-0.4, -0.2) is 47.8 Å². The number of nitrogens with zero attached hydrogens (tertiary/aromatic N) is 4. The molecule has 8 heteroatoms. The molecule has 1 aliphatic heterocycles. The van der Waals surface area contributed by atoms with E-state index in [4.69, 9.17) is 19.6 Å². The van der Waals surface area contributed by atoms with Crippen molar-refractivity contribution in [2.24, 2.45) is 5.92 Å². The Morgan fingerprint density at radius 2 is 1.88 bits per heavy atom. The second kappa shape index (κ2) is 9.52. The lowest BCUT2D eigenvalue weighted by molar-refractivity contribution is -0.126. The van der Waals surface area contributed by atoms with Gasteiger partial charge in [-0.2, -0.15) is 5.10 Å². The Morgan fingerprint density at radius 3 is 2.65 bits per heavy atom. The highest BCUT2D eigenvalue weighted by Crippen LogP contribution is 2.33. The van der Waals surface area contributed by atoms with E-state index in [1.807, 2.05) is 42.0 Å². The molecule has 5 rings (SSSR count). The number of amides is 1. The second-order valence-corrected chi connectivity index (χ2v) is 9.28. The Labute approximate surface area is 200 Å². The van der Waals surface area contributed by atoms with Gasteiger partial charge in [0.05, 0.1) is 26.0 Å². The van der Waals surface area contributed by atoms with Gasteiger partial charge < -0.3 is 19.7 Å². The SMILES string of the molecule is COc1ccc([C@H](C)NC(=O)C2CCN(c3nccn4nc5c(c34)CCCC5)CC2)cc1OC. The summed E-state index contributed by atoms with van der Waals surface area (Å²) in [5, 5.41) is 8.00. The zero-order valence-electron chi connectivity index (χ0n) is 20.2. The minimum atomic E-state index is -0.112. The molecule has 2 aromatic heterocycles. The predicted molar refractivity (Wildman–Crippen MR) is 131 cm³/mol. The van der Waals surface area contributed by atoms with Gasteiger partial charge in [0.2, 0.25) is 5.91 Å². The quantitative estimate of drug-likeness (QED) is 0.600. The van der Waals surface area contributed by atoms with Crippen LogP contribution in [0.25, 0.3) is 5.52 Å². The van der Waals surface area contributed by atoms with Crippen LogP contribution in [0.3, 0.4) is 0 Å². The van der Waals surface area contributed by atoms with Gasteiger partial charge in [-0.3, -0.25) is 4.79 Å². The summed E-state index contributed by atoms with van der Waals surface area (Å²) in [6.07, 6.45) is 9.96. The number of piperidine rings is 1. The lowest BCUT2D eigenvalue weighted by Crippen LogP contribution is -2.41. The maximum absolute atomic E-state index is 13.0. The van der Waals surface area contributed by atoms with Gasteiger partial charge in [-0.05, 0) is 63.1 Å². The topological polar surface area (TPSA) is 81.0 Å². The molecule has 34 heavy (non-hydrogen) atoms. The van der Waals surface area contributed by atoms with Crippen LogP contribution in [0.4, 0.5) is 5.82 Å². The number of methoxy groups -OCH3 is 2. The summed E-state index contributed by atoms with van der Waals surface area (Å²) in [7, 11) is 3.24. The average molecular weight is 464 g/mol. The van der Waals surface area contributed by atoms with Crippen molar-refractivity contribution in [1.82, 2.24) is 19.9 Å². The summed E-state index contributed by atoms with van der Waals surface area (Å²) in [6.45, 7) is 3.63. The molecule has 1 fully saturated rings. The van der Waals surface area contributed by atoms with Gasteiger partial charge in [-0.25, -0.2) is 9.50 Å². The third-order valence-electron chi connectivity index (χ3n) is 7.23. The Morgan fingerprint density at radius 1 is 1.12 bits per heavy atom. The molecule has 0 saturated carbocycles. The highest BCUT2D eigenvalue weighted by molar-refractivity contribution is 5.80. The van der Waals surface area contributed by atoms with Gasteiger partial charge in [0.25, 0.3) is 0 Å². The number of rotatable bonds is 6. The molecule has 1 amide bonds. The van der Waals surface area contributed by atoms with Gasteiger partial charge in [0.15, 0.2) is 17.3 Å². The third-order valence-corrected chi connectivity index (χ3v) is 7.23. The monoisotopic (exact) mass is 463 g/mol. The van der Waals surface area contributed by atoms with Crippen molar-refractivity contribution >= 4 is 17.2 Å². The van der Waals surface area contributed by atoms with Gasteiger partial charge in [0.1, 0.15) is 5.52 Å². The fraction of sp³-hybridized carbons (Fsp3) is 0.500. The van der Waals surface area contributed by atoms with E-state index < -0.39 is 0 Å². The number of fused-ring (bicyclic) bond motifs is 3. The highest BCUT2D eigenvalue weighted by Gasteiger charge is 2.29. The highest BCUT2D eigenvalue weighted by atomic mass is 16.5. The van der Waals surface area contributed by atoms with Gasteiger partial charge in [0, 0.05) is 37.0 Å². The van der Waals surface area contributed by atoms with Crippen molar-refractivity contribution < 1.29 is 14.3 Å². The van der Waals surface area contributed by atoms with Crippen LogP contribution in [0, 0.1) is 5.92 Å². The van der Waals surface area contributed by atoms with Crippen molar-refractivity contribution in [1.29, 1.82) is 0 Å². The Bertz CT molecular complexity index is 1180. The number of aromatic nitrogens is 3. The number of carbonyl (C=O) groups is 1. The number of ether oxygens (including phenoxy) is 2. The van der Waals surface area contributed by atoms with Crippen molar-refractivity contribution in [3.8, 4) is 11.5 Å². The number of nitrogens with one attached hydrogen (secondary N) is 1. The molecule has 1 saturated heterocycles. The average Bonchev–Trinajstić information content (AvgIpc) is 3.27. The number of benzene rings is 1. The van der Waals surface area contributed by atoms with E-state index in [-0.39, 0.29) is 17.9 Å². The molecule has 0 bridgehead atoms. The van der Waals surface area contributed by atoms with E-state index in [0.29, 0.717) is 11.5 Å². The van der Waals surface area contributed by atoms with Crippen LogP contribution in [0.15, 0.2) is 30.6 Å². The summed E-state index contributed by atoms with van der Waals surface area (Å²) < 4.78 is 12.7. The zero-order valence-corrected chi connectivity index (χ0v) is 20.2. The fourth-order valence-electron chi connectivity index (χ4n) is 5.27. The molecule has 1 N–H and O–H groups in total. The fourth-order valence-corrected chi connectivity index (χ4v) is 5.27. The number of anilines is 1. The van der Waals surface area contributed by atoms with Crippen LogP contribution in [0.5, 0.6) is 11.5 Å². The predicted octanol–water partition coefficient (Wildman–Crippen LogP) is 3.72. The smallest absolute Gasteiger partial charge is 0.223 e. The lowest BCUT2D eigenvalue weighted by Gasteiger charge is -2.33. The van der Waals surface area contributed by atoms with E-state index in [0.717, 1.165) is 55.7 Å². The van der Waals surface area contributed by atoms with E-state index in [9.17, 15) is 4.79 Å². The summed E-state index contributed by atoms with van der Waals surface area (Å²) in [4.78, 5) is 20.1. The van der Waals surface area contributed by atoms with Gasteiger partial charge in [-0.1, -0.05) is 6.07 Å². The number of carbonyl (C=O) groups excluding carboxylic acids is 1. The molecule has 0 radical (unpaired) electrons. The van der Waals surface area contributed by atoms with Gasteiger partial charge >= 0.3 is 0 Å². The van der Waals surface area contributed by atoms with E-state index in [1.54, 1.807) is 14.2 Å². The molecular formula is C26H33N5O3. The number of hydrogen-bond donors (Lipinski definition) is 1. The summed E-state index contributed by atoms with van der Waals surface area (Å²) in [5.74, 6) is 2.46. The Kier molecular flexibility index (Phi) is 6.30. The first kappa shape index (κ1) is 22.5. The number of hydrogen-bond acceptors (Lipinski definition) is 6. The van der Waals surface area contributed by atoms with E-state index >= 15 is 0 Å². The van der Waals surface area contributed by atoms with Crippen LogP contribution >= 0.6 is 0 Å².